The molecule has 0 aromatic rings. The minimum absolute atomic E-state index is 0.0692. The fourth-order valence-electron chi connectivity index (χ4n) is 11.8. The molecule has 0 saturated carbocycles. The van der Waals surface area contributed by atoms with Crippen molar-refractivity contribution in [1.82, 2.24) is 0 Å². The number of esters is 3. The zero-order chi connectivity index (χ0) is 59.9. The summed E-state index contributed by atoms with van der Waals surface area (Å²) >= 11 is 0. The summed E-state index contributed by atoms with van der Waals surface area (Å²) in [4.78, 5) is 38.5. The quantitative estimate of drug-likeness (QED) is 0.0261. The Morgan fingerprint density at radius 1 is 0.241 bits per heavy atom. The number of rotatable bonds is 71. The molecule has 0 radical (unpaired) electrons. The molecule has 0 aliphatic carbocycles. The highest BCUT2D eigenvalue weighted by atomic mass is 16.6. The molecule has 83 heavy (non-hydrogen) atoms. The summed E-state index contributed by atoms with van der Waals surface area (Å²) < 4.78 is 17.0. The van der Waals surface area contributed by atoms with Crippen molar-refractivity contribution < 1.29 is 28.6 Å². The summed E-state index contributed by atoms with van der Waals surface area (Å²) in [5.74, 6) is -0.849. The Morgan fingerprint density at radius 3 is 0.699 bits per heavy atom. The van der Waals surface area contributed by atoms with Gasteiger partial charge in [0.25, 0.3) is 0 Å². The molecule has 0 aromatic heterocycles. The number of hydrogen-bond acceptors (Lipinski definition) is 6. The van der Waals surface area contributed by atoms with Crippen molar-refractivity contribution in [2.45, 2.75) is 438 Å². The summed E-state index contributed by atoms with van der Waals surface area (Å²) in [6, 6.07) is 0. The van der Waals surface area contributed by atoms with E-state index in [1.54, 1.807) is 0 Å². The van der Waals surface area contributed by atoms with Crippen LogP contribution in [0.25, 0.3) is 0 Å². The van der Waals surface area contributed by atoms with Crippen LogP contribution in [0.3, 0.4) is 0 Å². The van der Waals surface area contributed by atoms with Gasteiger partial charge in [-0.3, -0.25) is 14.4 Å². The van der Waals surface area contributed by atoms with Gasteiger partial charge in [-0.15, -0.1) is 0 Å². The van der Waals surface area contributed by atoms with Crippen molar-refractivity contribution in [2.24, 2.45) is 0 Å². The van der Waals surface area contributed by atoms with Gasteiger partial charge in [0.05, 0.1) is 0 Å². The van der Waals surface area contributed by atoms with E-state index in [0.717, 1.165) is 77.0 Å². The number of hydrogen-bond donors (Lipinski definition) is 0. The van der Waals surface area contributed by atoms with Crippen LogP contribution in [0.1, 0.15) is 432 Å². The average molecular weight is 1170 g/mol. The van der Waals surface area contributed by atoms with Gasteiger partial charge in [-0.2, -0.15) is 0 Å². The maximum atomic E-state index is 13.0. The van der Waals surface area contributed by atoms with Crippen LogP contribution in [0, 0.1) is 0 Å². The maximum absolute atomic E-state index is 13.0. The van der Waals surface area contributed by atoms with Gasteiger partial charge in [0, 0.05) is 19.3 Å². The number of unbranched alkanes of at least 4 members (excludes halogenated alkanes) is 56. The highest BCUT2D eigenvalue weighted by Crippen LogP contribution is 2.20. The Morgan fingerprint density at radius 2 is 0.446 bits per heavy atom. The first-order valence-corrected chi connectivity index (χ1v) is 37.8. The molecule has 6 heteroatoms. The molecule has 0 heterocycles. The molecular weight excluding hydrogens is 1020 g/mol. The summed E-state index contributed by atoms with van der Waals surface area (Å²) in [7, 11) is 0. The van der Waals surface area contributed by atoms with Crippen molar-refractivity contribution in [3.63, 3.8) is 0 Å². The average Bonchev–Trinajstić information content (AvgIpc) is 3.49. The summed E-state index contributed by atoms with van der Waals surface area (Å²) in [5, 5.41) is 0. The normalized spacial score (nSPS) is 12.1. The third-order valence-corrected chi connectivity index (χ3v) is 17.5. The highest BCUT2D eigenvalue weighted by molar-refractivity contribution is 5.71. The number of allylic oxidation sites excluding steroid dienone is 4. The predicted octanol–water partition coefficient (Wildman–Crippen LogP) is 26.1. The van der Waals surface area contributed by atoms with E-state index in [1.807, 2.05) is 0 Å². The van der Waals surface area contributed by atoms with Gasteiger partial charge in [-0.1, -0.05) is 392 Å². The molecule has 0 fully saturated rings. The van der Waals surface area contributed by atoms with E-state index in [1.165, 1.54) is 315 Å². The standard InChI is InChI=1S/C77H146O6/c1-4-7-10-13-16-19-22-25-28-30-32-33-34-35-36-37-38-39-40-41-42-43-44-46-47-49-52-55-58-61-64-67-70-76(79)82-73-74(72-81-75(78)69-66-63-60-57-54-51-27-24-21-18-15-12-9-6-3)83-77(80)71-68-65-62-59-56-53-50-48-45-31-29-26-23-20-17-14-11-8-5-2/h15,18,24,27,74H,4-14,16-17,19-23,25-26,28-73H2,1-3H3/b18-15-,27-24-. The Balaban J connectivity index is 4.12. The molecule has 0 aliphatic heterocycles. The monoisotopic (exact) mass is 1170 g/mol. The summed E-state index contributed by atoms with van der Waals surface area (Å²) in [5.41, 5.74) is 0. The second-order valence-electron chi connectivity index (χ2n) is 25.9. The second kappa shape index (κ2) is 72.4. The third kappa shape index (κ3) is 70.5. The third-order valence-electron chi connectivity index (χ3n) is 17.5. The van der Waals surface area contributed by atoms with E-state index in [0.29, 0.717) is 19.3 Å². The molecule has 0 spiro atoms. The lowest BCUT2D eigenvalue weighted by Gasteiger charge is -2.18. The molecule has 6 nitrogen and oxygen atoms in total. The van der Waals surface area contributed by atoms with E-state index >= 15 is 0 Å². The lowest BCUT2D eigenvalue weighted by molar-refractivity contribution is -0.167. The van der Waals surface area contributed by atoms with Crippen LogP contribution in [0.2, 0.25) is 0 Å². The van der Waals surface area contributed by atoms with Crippen molar-refractivity contribution in [3.8, 4) is 0 Å². The Kier molecular flexibility index (Phi) is 70.5. The molecule has 490 valence electrons. The second-order valence-corrected chi connectivity index (χ2v) is 25.9. The van der Waals surface area contributed by atoms with Gasteiger partial charge in [-0.25, -0.2) is 0 Å². The molecule has 1 unspecified atom stereocenters. The Labute approximate surface area is 519 Å². The zero-order valence-corrected chi connectivity index (χ0v) is 56.5. The highest BCUT2D eigenvalue weighted by Gasteiger charge is 2.20. The SMILES string of the molecule is CCCC/C=C\C/C=C\CCCCCCCC(=O)OCC(COC(=O)CCCCCCCCCCCCCCCCCCCCCCCCCCCCCCCCCC)OC(=O)CCCCCCCCCCCCCCCCCCCCC. The topological polar surface area (TPSA) is 78.9 Å². The summed E-state index contributed by atoms with van der Waals surface area (Å²) in [6.45, 7) is 6.68. The van der Waals surface area contributed by atoms with Crippen LogP contribution in [0.4, 0.5) is 0 Å². The van der Waals surface area contributed by atoms with Crippen molar-refractivity contribution >= 4 is 17.9 Å². The van der Waals surface area contributed by atoms with Crippen LogP contribution in [0.5, 0.6) is 0 Å². The molecule has 0 N–H and O–H groups in total. The lowest BCUT2D eigenvalue weighted by atomic mass is 10.0. The van der Waals surface area contributed by atoms with Crippen LogP contribution in [0.15, 0.2) is 24.3 Å². The van der Waals surface area contributed by atoms with Crippen molar-refractivity contribution in [2.75, 3.05) is 13.2 Å². The molecule has 0 amide bonds. The van der Waals surface area contributed by atoms with Crippen LogP contribution in [-0.2, 0) is 28.6 Å². The fraction of sp³-hybridized carbons (Fsp3) is 0.909. The van der Waals surface area contributed by atoms with E-state index in [2.05, 4.69) is 45.1 Å². The van der Waals surface area contributed by atoms with Crippen LogP contribution < -0.4 is 0 Å². The molecule has 0 aliphatic rings. The molecule has 0 saturated heterocycles. The number of carbonyl (C=O) groups excluding carboxylic acids is 3. The fourth-order valence-corrected chi connectivity index (χ4v) is 11.8. The van der Waals surface area contributed by atoms with Gasteiger partial charge < -0.3 is 14.2 Å². The number of ether oxygens (including phenoxy) is 3. The van der Waals surface area contributed by atoms with Crippen molar-refractivity contribution in [3.05, 3.63) is 24.3 Å². The minimum atomic E-state index is -0.774. The van der Waals surface area contributed by atoms with Gasteiger partial charge >= 0.3 is 17.9 Å². The van der Waals surface area contributed by atoms with Gasteiger partial charge in [-0.05, 0) is 44.9 Å². The largest absolute Gasteiger partial charge is 0.462 e. The lowest BCUT2D eigenvalue weighted by Crippen LogP contribution is -2.30. The van der Waals surface area contributed by atoms with Crippen LogP contribution in [-0.4, -0.2) is 37.2 Å². The predicted molar refractivity (Wildman–Crippen MR) is 363 cm³/mol. The molecule has 0 rings (SSSR count). The molecular formula is C77H146O6. The van der Waals surface area contributed by atoms with E-state index < -0.39 is 6.10 Å². The van der Waals surface area contributed by atoms with E-state index in [9.17, 15) is 14.4 Å². The van der Waals surface area contributed by atoms with Gasteiger partial charge in [0.1, 0.15) is 13.2 Å². The molecule has 1 atom stereocenters. The first kappa shape index (κ1) is 80.9. The number of carbonyl (C=O) groups is 3. The van der Waals surface area contributed by atoms with Gasteiger partial charge in [0.15, 0.2) is 6.10 Å². The van der Waals surface area contributed by atoms with Crippen LogP contribution >= 0.6 is 0 Å². The van der Waals surface area contributed by atoms with E-state index in [4.69, 9.17) is 14.2 Å². The van der Waals surface area contributed by atoms with Crippen molar-refractivity contribution in [1.29, 1.82) is 0 Å². The van der Waals surface area contributed by atoms with E-state index in [-0.39, 0.29) is 31.1 Å². The molecule has 0 bridgehead atoms. The zero-order valence-electron chi connectivity index (χ0n) is 56.5. The smallest absolute Gasteiger partial charge is 0.306 e. The minimum Gasteiger partial charge on any atom is -0.462 e. The Hall–Kier alpha value is -2.11. The molecule has 0 aromatic carbocycles. The summed E-state index contributed by atoms with van der Waals surface area (Å²) in [6.07, 6.45) is 89.5. The first-order chi connectivity index (χ1) is 41.0. The Bertz CT molecular complexity index is 1340. The maximum Gasteiger partial charge on any atom is 0.306 e. The first-order valence-electron chi connectivity index (χ1n) is 37.8. The van der Waals surface area contributed by atoms with Gasteiger partial charge in [0.2, 0.25) is 0 Å².